The molecule has 7 heteroatoms. The molecule has 0 radical (unpaired) electrons. The first kappa shape index (κ1) is 16.9. The molecule has 0 N–H and O–H groups in total. The summed E-state index contributed by atoms with van der Waals surface area (Å²) in [6.07, 6.45) is 1.50. The molecule has 0 aliphatic rings. The number of carbonyl (C=O) groups excluding carboxylic acids is 1. The predicted molar refractivity (Wildman–Crippen MR) is 91.8 cm³/mol. The number of carbonyl (C=O) groups is 1. The fourth-order valence-corrected chi connectivity index (χ4v) is 2.79. The molecule has 0 saturated heterocycles. The number of rotatable bonds is 5. The normalized spacial score (nSPS) is 10.9. The van der Waals surface area contributed by atoms with Crippen LogP contribution in [0.5, 0.6) is 5.75 Å². The Bertz CT molecular complexity index is 916. The van der Waals surface area contributed by atoms with Crippen molar-refractivity contribution in [1.82, 2.24) is 14.6 Å². The van der Waals surface area contributed by atoms with E-state index >= 15 is 0 Å². The van der Waals surface area contributed by atoms with Gasteiger partial charge in [0.2, 0.25) is 0 Å². The molecule has 0 spiro atoms. The number of hydrogen-bond donors (Lipinski definition) is 0. The molecule has 3 rings (SSSR count). The monoisotopic (exact) mass is 341 g/mol. The minimum absolute atomic E-state index is 0.215. The van der Waals surface area contributed by atoms with Crippen LogP contribution in [-0.4, -0.2) is 41.9 Å². The number of esters is 1. The topological polar surface area (TPSA) is 75.0 Å². The van der Waals surface area contributed by atoms with Gasteiger partial charge in [0.1, 0.15) is 11.3 Å². The minimum Gasteiger partial charge on any atom is -0.497 e. The Morgan fingerprint density at radius 1 is 1.16 bits per heavy atom. The lowest BCUT2D eigenvalue weighted by molar-refractivity contribution is 0.0593. The number of nitrogens with zero attached hydrogens (tertiary/aromatic N) is 3. The summed E-state index contributed by atoms with van der Waals surface area (Å²) in [6, 6.07) is 7.68. The van der Waals surface area contributed by atoms with Gasteiger partial charge in [0.15, 0.2) is 5.65 Å². The summed E-state index contributed by atoms with van der Waals surface area (Å²) < 4.78 is 16.9. The van der Waals surface area contributed by atoms with Gasteiger partial charge in [0.25, 0.3) is 0 Å². The molecule has 7 nitrogen and oxygen atoms in total. The number of ether oxygens (including phenoxy) is 3. The summed E-state index contributed by atoms with van der Waals surface area (Å²) in [6.45, 7) is 2.12. The number of methoxy groups -OCH3 is 3. The quantitative estimate of drug-likeness (QED) is 0.664. The maximum absolute atomic E-state index is 12.0. The van der Waals surface area contributed by atoms with Crippen molar-refractivity contribution in [2.45, 2.75) is 13.5 Å². The van der Waals surface area contributed by atoms with Gasteiger partial charge in [-0.05, 0) is 24.6 Å². The summed E-state index contributed by atoms with van der Waals surface area (Å²) >= 11 is 0. The molecule has 3 aromatic rings. The van der Waals surface area contributed by atoms with E-state index in [9.17, 15) is 4.79 Å². The van der Waals surface area contributed by atoms with E-state index in [0.717, 1.165) is 22.6 Å². The van der Waals surface area contributed by atoms with Crippen molar-refractivity contribution < 1.29 is 19.0 Å². The number of fused-ring (bicyclic) bond motifs is 1. The van der Waals surface area contributed by atoms with Crippen molar-refractivity contribution in [2.75, 3.05) is 21.3 Å². The summed E-state index contributed by atoms with van der Waals surface area (Å²) in [7, 11) is 4.52. The van der Waals surface area contributed by atoms with Gasteiger partial charge < -0.3 is 14.2 Å². The number of aryl methyl sites for hydroxylation is 1. The zero-order valence-electron chi connectivity index (χ0n) is 14.6. The highest BCUT2D eigenvalue weighted by Crippen LogP contribution is 2.30. The highest BCUT2D eigenvalue weighted by Gasteiger charge is 2.21. The third-order valence-corrected chi connectivity index (χ3v) is 3.98. The second-order valence-electron chi connectivity index (χ2n) is 5.47. The summed E-state index contributed by atoms with van der Waals surface area (Å²) in [5.41, 5.74) is 4.26. The molecule has 130 valence electrons. The Morgan fingerprint density at radius 2 is 1.88 bits per heavy atom. The molecule has 0 amide bonds. The summed E-state index contributed by atoms with van der Waals surface area (Å²) in [5.74, 6) is 0.305. The van der Waals surface area contributed by atoms with Gasteiger partial charge in [-0.15, -0.1) is 0 Å². The summed E-state index contributed by atoms with van der Waals surface area (Å²) in [4.78, 5) is 16.5. The maximum atomic E-state index is 12.0. The predicted octanol–water partition coefficient (Wildman–Crippen LogP) is 2.65. The zero-order valence-corrected chi connectivity index (χ0v) is 14.6. The minimum atomic E-state index is -0.472. The van der Waals surface area contributed by atoms with E-state index in [0.29, 0.717) is 16.9 Å². The average molecular weight is 341 g/mol. The van der Waals surface area contributed by atoms with E-state index in [1.165, 1.54) is 13.3 Å². The number of aromatic nitrogens is 3. The van der Waals surface area contributed by atoms with Crippen LogP contribution in [0.1, 0.15) is 21.7 Å². The van der Waals surface area contributed by atoms with Crippen LogP contribution in [0.3, 0.4) is 0 Å². The molecule has 0 aliphatic carbocycles. The summed E-state index contributed by atoms with van der Waals surface area (Å²) in [5, 5.41) is 4.56. The van der Waals surface area contributed by atoms with E-state index < -0.39 is 5.97 Å². The van der Waals surface area contributed by atoms with Gasteiger partial charge in [-0.25, -0.2) is 14.3 Å². The van der Waals surface area contributed by atoms with Crippen molar-refractivity contribution in [1.29, 1.82) is 0 Å². The molecule has 0 atom stereocenters. The van der Waals surface area contributed by atoms with E-state index in [-0.39, 0.29) is 6.61 Å². The van der Waals surface area contributed by atoms with E-state index in [1.807, 2.05) is 31.2 Å². The van der Waals surface area contributed by atoms with E-state index in [2.05, 4.69) is 10.1 Å². The van der Waals surface area contributed by atoms with Crippen LogP contribution in [0.15, 0.2) is 30.5 Å². The van der Waals surface area contributed by atoms with Crippen molar-refractivity contribution in [3.8, 4) is 16.9 Å². The highest BCUT2D eigenvalue weighted by atomic mass is 16.5. The van der Waals surface area contributed by atoms with E-state index in [4.69, 9.17) is 14.2 Å². The second-order valence-corrected chi connectivity index (χ2v) is 5.47. The molecule has 0 saturated carbocycles. The average Bonchev–Trinajstić information content (AvgIpc) is 2.98. The SMILES string of the molecule is COCc1c(C(=O)OC)cnc2c(-c3ccc(OC)cc3)c(C)nn12. The fourth-order valence-electron chi connectivity index (χ4n) is 2.79. The first-order chi connectivity index (χ1) is 12.1. The van der Waals surface area contributed by atoms with Gasteiger partial charge in [-0.1, -0.05) is 12.1 Å². The first-order valence-corrected chi connectivity index (χ1v) is 7.69. The van der Waals surface area contributed by atoms with Gasteiger partial charge in [-0.2, -0.15) is 5.10 Å². The largest absolute Gasteiger partial charge is 0.497 e. The molecule has 0 bridgehead atoms. The number of hydrogen-bond acceptors (Lipinski definition) is 6. The molecule has 1 aromatic carbocycles. The van der Waals surface area contributed by atoms with Crippen molar-refractivity contribution in [3.05, 3.63) is 47.4 Å². The molecule has 0 aliphatic heterocycles. The third-order valence-electron chi connectivity index (χ3n) is 3.98. The van der Waals surface area contributed by atoms with Crippen LogP contribution in [0, 0.1) is 6.92 Å². The molecular weight excluding hydrogens is 322 g/mol. The second kappa shape index (κ2) is 6.90. The zero-order chi connectivity index (χ0) is 18.0. The Labute approximate surface area is 145 Å². The lowest BCUT2D eigenvalue weighted by Crippen LogP contribution is -2.13. The smallest absolute Gasteiger partial charge is 0.341 e. The third kappa shape index (κ3) is 2.94. The molecule has 25 heavy (non-hydrogen) atoms. The van der Waals surface area contributed by atoms with Crippen molar-refractivity contribution >= 4 is 11.6 Å². The molecule has 2 heterocycles. The molecule has 0 unspecified atom stereocenters. The Morgan fingerprint density at radius 3 is 2.48 bits per heavy atom. The first-order valence-electron chi connectivity index (χ1n) is 7.69. The van der Waals surface area contributed by atoms with Crippen LogP contribution in [0.25, 0.3) is 16.8 Å². The fraction of sp³-hybridized carbons (Fsp3) is 0.278. The number of benzene rings is 1. The highest BCUT2D eigenvalue weighted by molar-refractivity contribution is 5.91. The van der Waals surface area contributed by atoms with Crippen LogP contribution >= 0.6 is 0 Å². The Kier molecular flexibility index (Phi) is 4.67. The van der Waals surface area contributed by atoms with Gasteiger partial charge >= 0.3 is 5.97 Å². The van der Waals surface area contributed by atoms with Crippen LogP contribution in [0.4, 0.5) is 0 Å². The van der Waals surface area contributed by atoms with Gasteiger partial charge in [-0.3, -0.25) is 0 Å². The maximum Gasteiger partial charge on any atom is 0.341 e. The van der Waals surface area contributed by atoms with Crippen LogP contribution in [0.2, 0.25) is 0 Å². The lowest BCUT2D eigenvalue weighted by Gasteiger charge is -2.09. The van der Waals surface area contributed by atoms with E-state index in [1.54, 1.807) is 18.7 Å². The molecular formula is C18H19N3O4. The Balaban J connectivity index is 2.22. The van der Waals surface area contributed by atoms with Crippen molar-refractivity contribution in [3.63, 3.8) is 0 Å². The van der Waals surface area contributed by atoms with Crippen LogP contribution in [-0.2, 0) is 16.1 Å². The standard InChI is InChI=1S/C18H19N3O4/c1-11-16(12-5-7-13(24-3)8-6-12)17-19-9-14(18(22)25-4)15(10-23-2)21(17)20-11/h5-9H,10H2,1-4H3. The molecule has 0 fully saturated rings. The van der Waals surface area contributed by atoms with Gasteiger partial charge in [0.05, 0.1) is 32.2 Å². The van der Waals surface area contributed by atoms with Gasteiger partial charge in [0, 0.05) is 18.9 Å². The molecule has 2 aromatic heterocycles. The lowest BCUT2D eigenvalue weighted by atomic mass is 10.1. The van der Waals surface area contributed by atoms with Crippen LogP contribution < -0.4 is 4.74 Å². The Hall–Kier alpha value is -2.93. The van der Waals surface area contributed by atoms with Crippen molar-refractivity contribution in [2.24, 2.45) is 0 Å².